The number of hydrogen-bond acceptors (Lipinski definition) is 7. The summed E-state index contributed by atoms with van der Waals surface area (Å²) in [6.45, 7) is 3.54. The topological polar surface area (TPSA) is 87.1 Å². The molecule has 0 radical (unpaired) electrons. The van der Waals surface area contributed by atoms with E-state index in [1.54, 1.807) is 43.5 Å². The fraction of sp³-hybridized carbons (Fsp3) is 0.240. The summed E-state index contributed by atoms with van der Waals surface area (Å²) in [5, 5.41) is 0.455. The summed E-state index contributed by atoms with van der Waals surface area (Å²) in [4.78, 5) is 40.3. The van der Waals surface area contributed by atoms with Crippen molar-refractivity contribution in [1.29, 1.82) is 0 Å². The summed E-state index contributed by atoms with van der Waals surface area (Å²) in [6.07, 6.45) is 2.03. The number of carbonyl (C=O) groups excluding carboxylic acids is 3. The van der Waals surface area contributed by atoms with Crippen molar-refractivity contribution < 1.29 is 28.6 Å². The molecule has 5 rings (SSSR count). The van der Waals surface area contributed by atoms with Gasteiger partial charge in [-0.25, -0.2) is 9.59 Å². The van der Waals surface area contributed by atoms with Gasteiger partial charge < -0.3 is 23.7 Å². The van der Waals surface area contributed by atoms with Crippen LogP contribution in [-0.4, -0.2) is 54.4 Å². The van der Waals surface area contributed by atoms with Gasteiger partial charge in [0.05, 0.1) is 29.6 Å². The van der Waals surface area contributed by atoms with Gasteiger partial charge in [-0.15, -0.1) is 0 Å². The molecule has 168 valence electrons. The standard InChI is InChI=1S/C25H22N2O6/c1-14-22(24(30)15-4-6-17(31-3)7-5-15)23-18(27(14)16-12-26(2)13-16)8-9-19-25(23)33-21(29)11-10-20(28)32-19/h4-11,16H,12-13H2,1-3H3/b11-10-. The van der Waals surface area contributed by atoms with E-state index in [2.05, 4.69) is 9.47 Å². The van der Waals surface area contributed by atoms with E-state index in [1.807, 2.05) is 14.0 Å². The number of hydrogen-bond donors (Lipinski definition) is 0. The third-order valence-corrected chi connectivity index (χ3v) is 6.09. The Kier molecular flexibility index (Phi) is 5.02. The minimum atomic E-state index is -0.711. The first kappa shape index (κ1) is 21.0. The zero-order valence-electron chi connectivity index (χ0n) is 18.5. The number of nitrogens with zero attached hydrogens (tertiary/aromatic N) is 2. The van der Waals surface area contributed by atoms with Crippen LogP contribution in [-0.2, 0) is 9.59 Å². The van der Waals surface area contributed by atoms with E-state index >= 15 is 0 Å². The van der Waals surface area contributed by atoms with Crippen LogP contribution >= 0.6 is 0 Å². The highest BCUT2D eigenvalue weighted by molar-refractivity contribution is 6.19. The Balaban J connectivity index is 1.76. The van der Waals surface area contributed by atoms with E-state index < -0.39 is 11.9 Å². The minimum absolute atomic E-state index is 0.0709. The van der Waals surface area contributed by atoms with E-state index in [9.17, 15) is 14.4 Å². The Labute approximate surface area is 189 Å². The van der Waals surface area contributed by atoms with Crippen molar-refractivity contribution in [2.75, 3.05) is 27.2 Å². The molecule has 0 unspecified atom stereocenters. The molecule has 3 heterocycles. The van der Waals surface area contributed by atoms with E-state index in [0.717, 1.165) is 36.5 Å². The molecule has 8 heteroatoms. The number of ketones is 1. The van der Waals surface area contributed by atoms with Crippen LogP contribution in [0.1, 0.15) is 27.7 Å². The van der Waals surface area contributed by atoms with Gasteiger partial charge in [-0.05, 0) is 50.4 Å². The molecule has 2 aliphatic rings. The maximum atomic E-state index is 13.7. The molecule has 1 aromatic heterocycles. The Bertz CT molecular complexity index is 1330. The molecular formula is C25H22N2O6. The summed E-state index contributed by atoms with van der Waals surface area (Å²) in [6, 6.07) is 10.4. The molecule has 1 fully saturated rings. The quantitative estimate of drug-likeness (QED) is 0.346. The second-order valence-electron chi connectivity index (χ2n) is 8.23. The molecule has 0 N–H and O–H groups in total. The predicted octanol–water partition coefficient (Wildman–Crippen LogP) is 3.06. The number of fused-ring (bicyclic) bond motifs is 3. The van der Waals surface area contributed by atoms with Crippen molar-refractivity contribution in [2.45, 2.75) is 13.0 Å². The third-order valence-electron chi connectivity index (χ3n) is 6.09. The van der Waals surface area contributed by atoms with E-state index in [-0.39, 0.29) is 23.3 Å². The molecule has 1 saturated heterocycles. The van der Waals surface area contributed by atoms with Crippen LogP contribution in [0.15, 0.2) is 48.6 Å². The molecule has 0 saturated carbocycles. The molecule has 0 spiro atoms. The van der Waals surface area contributed by atoms with Gasteiger partial charge in [0, 0.05) is 36.5 Å². The van der Waals surface area contributed by atoms with Gasteiger partial charge in [0.15, 0.2) is 17.3 Å². The van der Waals surface area contributed by atoms with Crippen molar-refractivity contribution in [2.24, 2.45) is 0 Å². The van der Waals surface area contributed by atoms with Gasteiger partial charge in [0.1, 0.15) is 5.75 Å². The number of ether oxygens (including phenoxy) is 3. The average Bonchev–Trinajstić information content (AvgIpc) is 3.07. The molecule has 0 bridgehead atoms. The number of carbonyl (C=O) groups is 3. The van der Waals surface area contributed by atoms with Crippen molar-refractivity contribution in [3.8, 4) is 17.2 Å². The van der Waals surface area contributed by atoms with Gasteiger partial charge in [-0.3, -0.25) is 4.79 Å². The Morgan fingerprint density at radius 2 is 1.67 bits per heavy atom. The fourth-order valence-electron chi connectivity index (χ4n) is 4.54. The lowest BCUT2D eigenvalue weighted by Gasteiger charge is -2.38. The lowest BCUT2D eigenvalue weighted by atomic mass is 9.99. The first-order valence-corrected chi connectivity index (χ1v) is 10.5. The molecule has 0 amide bonds. The van der Waals surface area contributed by atoms with Crippen LogP contribution in [0.3, 0.4) is 0 Å². The van der Waals surface area contributed by atoms with Crippen molar-refractivity contribution in [1.82, 2.24) is 9.47 Å². The molecule has 8 nitrogen and oxygen atoms in total. The van der Waals surface area contributed by atoms with E-state index in [1.165, 1.54) is 0 Å². The summed E-state index contributed by atoms with van der Waals surface area (Å²) < 4.78 is 18.3. The normalized spacial score (nSPS) is 17.4. The van der Waals surface area contributed by atoms with Gasteiger partial charge in [-0.1, -0.05) is 0 Å². The van der Waals surface area contributed by atoms with Crippen LogP contribution in [0, 0.1) is 6.92 Å². The number of benzene rings is 2. The Hall–Kier alpha value is -3.91. The first-order valence-electron chi connectivity index (χ1n) is 10.5. The molecule has 0 aliphatic carbocycles. The average molecular weight is 446 g/mol. The number of rotatable bonds is 4. The SMILES string of the molecule is COc1ccc(C(=O)c2c(C)n(C3CN(C)C3)c3ccc4c(c23)OC(=O)/C=C\C(=O)O4)cc1. The van der Waals surface area contributed by atoms with Crippen molar-refractivity contribution in [3.05, 3.63) is 65.4 Å². The van der Waals surface area contributed by atoms with Crippen LogP contribution in [0.5, 0.6) is 17.2 Å². The lowest BCUT2D eigenvalue weighted by Crippen LogP contribution is -2.45. The molecule has 3 aromatic rings. The highest BCUT2D eigenvalue weighted by Gasteiger charge is 2.33. The highest BCUT2D eigenvalue weighted by atomic mass is 16.6. The number of methoxy groups -OCH3 is 1. The molecule has 2 aromatic carbocycles. The molecule has 33 heavy (non-hydrogen) atoms. The van der Waals surface area contributed by atoms with E-state index in [0.29, 0.717) is 22.3 Å². The third kappa shape index (κ3) is 3.48. The molecule has 0 atom stereocenters. The summed E-state index contributed by atoms with van der Waals surface area (Å²) in [5.74, 6) is -0.816. The summed E-state index contributed by atoms with van der Waals surface area (Å²) in [7, 11) is 3.59. The first-order chi connectivity index (χ1) is 15.9. The molecular weight excluding hydrogens is 424 g/mol. The van der Waals surface area contributed by atoms with Gasteiger partial charge >= 0.3 is 11.9 Å². The van der Waals surface area contributed by atoms with E-state index in [4.69, 9.17) is 14.2 Å². The summed E-state index contributed by atoms with van der Waals surface area (Å²) in [5.41, 5.74) is 2.39. The number of likely N-dealkylation sites (N-methyl/N-ethyl adjacent to an activating group) is 1. The minimum Gasteiger partial charge on any atom is -0.497 e. The molecule has 2 aliphatic heterocycles. The monoisotopic (exact) mass is 446 g/mol. The zero-order valence-corrected chi connectivity index (χ0v) is 18.5. The van der Waals surface area contributed by atoms with Crippen LogP contribution < -0.4 is 14.2 Å². The number of likely N-dealkylation sites (tertiary alicyclic amines) is 1. The van der Waals surface area contributed by atoms with Gasteiger partial charge in [0.2, 0.25) is 0 Å². The number of aromatic nitrogens is 1. The highest BCUT2D eigenvalue weighted by Crippen LogP contribution is 2.44. The fourth-order valence-corrected chi connectivity index (χ4v) is 4.54. The number of esters is 2. The van der Waals surface area contributed by atoms with Crippen LogP contribution in [0.4, 0.5) is 0 Å². The van der Waals surface area contributed by atoms with Crippen molar-refractivity contribution >= 4 is 28.6 Å². The Morgan fingerprint density at radius 3 is 2.30 bits per heavy atom. The maximum absolute atomic E-state index is 13.7. The van der Waals surface area contributed by atoms with Crippen LogP contribution in [0.25, 0.3) is 10.9 Å². The Morgan fingerprint density at radius 1 is 1.00 bits per heavy atom. The predicted molar refractivity (Wildman–Crippen MR) is 120 cm³/mol. The lowest BCUT2D eigenvalue weighted by molar-refractivity contribution is -0.133. The van der Waals surface area contributed by atoms with Gasteiger partial charge in [-0.2, -0.15) is 0 Å². The second kappa shape index (κ2) is 7.90. The second-order valence-corrected chi connectivity index (χ2v) is 8.23. The largest absolute Gasteiger partial charge is 0.497 e. The summed E-state index contributed by atoms with van der Waals surface area (Å²) >= 11 is 0. The smallest absolute Gasteiger partial charge is 0.336 e. The maximum Gasteiger partial charge on any atom is 0.336 e. The van der Waals surface area contributed by atoms with Crippen LogP contribution in [0.2, 0.25) is 0 Å². The van der Waals surface area contributed by atoms with Crippen molar-refractivity contribution in [3.63, 3.8) is 0 Å². The van der Waals surface area contributed by atoms with Gasteiger partial charge in [0.25, 0.3) is 0 Å². The zero-order chi connectivity index (χ0) is 23.3.